The van der Waals surface area contributed by atoms with Crippen molar-refractivity contribution >= 4 is 64.2 Å². The van der Waals surface area contributed by atoms with E-state index in [1.165, 1.54) is 4.90 Å². The molecule has 1 aromatic rings. The van der Waals surface area contributed by atoms with Crippen LogP contribution in [0.2, 0.25) is 0 Å². The largest absolute Gasteiger partial charge is 0.480 e. The molecule has 0 aliphatic carbocycles. The lowest BCUT2D eigenvalue weighted by Gasteiger charge is -2.52. The molecule has 21 heteroatoms. The van der Waals surface area contributed by atoms with E-state index in [9.17, 15) is 56.7 Å². The number of hydrazine groups is 1. The second kappa shape index (κ2) is 12.8. The van der Waals surface area contributed by atoms with Crippen molar-refractivity contribution in [2.24, 2.45) is 0 Å². The molecule has 4 rings (SSSR count). The minimum Gasteiger partial charge on any atom is -0.480 e. The van der Waals surface area contributed by atoms with Gasteiger partial charge in [-0.1, -0.05) is 6.07 Å². The van der Waals surface area contributed by atoms with Gasteiger partial charge in [-0.25, -0.2) is 23.2 Å². The van der Waals surface area contributed by atoms with Crippen LogP contribution in [0.25, 0.3) is 0 Å². The summed E-state index contributed by atoms with van der Waals surface area (Å²) in [5.74, 6) is -9.03. The van der Waals surface area contributed by atoms with Crippen molar-refractivity contribution in [2.45, 2.75) is 62.5 Å². The highest BCUT2D eigenvalue weighted by molar-refractivity contribution is 7.94. The summed E-state index contributed by atoms with van der Waals surface area (Å²) in [5, 5.41) is 15.2. The van der Waals surface area contributed by atoms with Gasteiger partial charge in [0.15, 0.2) is 29.6 Å². The number of β-lactam (4-membered cyclic amide) rings is 1. The number of carboxylic acids is 1. The molecule has 3 aliphatic rings. The molecule has 0 radical (unpaired) electrons. The van der Waals surface area contributed by atoms with Crippen molar-refractivity contribution in [3.8, 4) is 11.5 Å². The fourth-order valence-electron chi connectivity index (χ4n) is 6.15. The average Bonchev–Trinajstić information content (AvgIpc) is 3.13. The van der Waals surface area contributed by atoms with Gasteiger partial charge in [0.25, 0.3) is 10.9 Å². The summed E-state index contributed by atoms with van der Waals surface area (Å²) in [5.41, 5.74) is -0.269. The van der Waals surface area contributed by atoms with Crippen molar-refractivity contribution in [2.75, 3.05) is 19.6 Å². The van der Waals surface area contributed by atoms with Crippen LogP contribution in [0, 0.1) is 0 Å². The number of hydrogen-bond acceptors (Lipinski definition) is 13. The number of carbonyl (C=O) groups excluding carboxylic acids is 8. The van der Waals surface area contributed by atoms with Crippen LogP contribution >= 0.6 is 0 Å². The van der Waals surface area contributed by atoms with Crippen LogP contribution in [0.1, 0.15) is 46.2 Å². The molecule has 6 amide bonds. The molecule has 2 unspecified atom stereocenters. The summed E-state index contributed by atoms with van der Waals surface area (Å²) in [6.07, 6.45) is -0.0883. The van der Waals surface area contributed by atoms with Gasteiger partial charge >= 0.3 is 29.7 Å². The highest BCUT2D eigenvalue weighted by Crippen LogP contribution is 2.52. The number of sulfone groups is 1. The van der Waals surface area contributed by atoms with Gasteiger partial charge in [-0.2, -0.15) is 0 Å². The number of likely N-dealkylation sites (N-methyl/N-ethyl adjacent to an activating group) is 1. The van der Waals surface area contributed by atoms with Gasteiger partial charge in [0.05, 0.1) is 6.54 Å². The third kappa shape index (κ3) is 5.48. The zero-order valence-electron chi connectivity index (χ0n) is 26.7. The van der Waals surface area contributed by atoms with E-state index in [2.05, 4.69) is 5.32 Å². The second-order valence-electron chi connectivity index (χ2n) is 11.6. The summed E-state index contributed by atoms with van der Waals surface area (Å²) < 4.78 is 35.7. The predicted molar refractivity (Wildman–Crippen MR) is 159 cm³/mol. The zero-order valence-corrected chi connectivity index (χ0v) is 27.5. The van der Waals surface area contributed by atoms with E-state index in [0.717, 1.165) is 45.9 Å². The standard InChI is InChI=1S/C28H32N6O14S/c1-6-31-9-10-32(25(42)24(31)41)33(13-36)19(16-7-8-17(47-14(2)37)18(11-16)48-15(3)38)22(39)30-20-23(40)34-21(26(43)44)27(4,5)49(45,46)28(20,34)29-12-35/h7-8,11-13,19-21H,6,9-10H2,1-5H3,(H,29,35)(H,30,39)(H,43,44)/t19?,20-,21-,28?/m0/s1. The van der Waals surface area contributed by atoms with Gasteiger partial charge in [-0.3, -0.25) is 43.3 Å². The fourth-order valence-corrected chi connectivity index (χ4v) is 8.58. The molecule has 3 saturated heterocycles. The smallest absolute Gasteiger partial charge is 0.330 e. The molecule has 49 heavy (non-hydrogen) atoms. The van der Waals surface area contributed by atoms with Gasteiger partial charge in [0.2, 0.25) is 28.6 Å². The lowest BCUT2D eigenvalue weighted by Crippen LogP contribution is -2.85. The number of aliphatic carboxylic acids is 1. The molecule has 0 spiro atoms. The summed E-state index contributed by atoms with van der Waals surface area (Å²) >= 11 is 0. The van der Waals surface area contributed by atoms with Crippen molar-refractivity contribution in [3.05, 3.63) is 23.8 Å². The fraction of sp³-hybridized carbons (Fsp3) is 0.464. The Hall–Kier alpha value is -5.60. The number of rotatable bonds is 12. The Morgan fingerprint density at radius 3 is 2.18 bits per heavy atom. The molecule has 264 valence electrons. The van der Waals surface area contributed by atoms with E-state index in [1.807, 2.05) is 5.32 Å². The molecular formula is C28H32N6O14S. The first-order valence-corrected chi connectivity index (χ1v) is 16.0. The summed E-state index contributed by atoms with van der Waals surface area (Å²) in [4.78, 5) is 113. The van der Waals surface area contributed by atoms with Gasteiger partial charge in [0.1, 0.15) is 4.75 Å². The number of ether oxygens (including phenoxy) is 2. The Kier molecular flexibility index (Phi) is 9.45. The quantitative estimate of drug-likeness (QED) is 0.0644. The van der Waals surface area contributed by atoms with Gasteiger partial charge < -0.3 is 30.1 Å². The van der Waals surface area contributed by atoms with Crippen LogP contribution in [0.3, 0.4) is 0 Å². The molecule has 0 saturated carbocycles. The molecule has 0 aromatic heterocycles. The number of nitrogens with zero attached hydrogens (tertiary/aromatic N) is 4. The number of benzene rings is 1. The number of nitrogens with one attached hydrogen (secondary N) is 2. The van der Waals surface area contributed by atoms with Crippen LogP contribution in [-0.2, 0) is 53.0 Å². The Labute approximate surface area is 278 Å². The lowest BCUT2D eigenvalue weighted by atomic mass is 9.92. The SMILES string of the molecule is CCN1CCN(N(C=O)C(C(=O)N[C@H]2C(=O)N3[C@@H](C(=O)O)C(C)(C)S(=O)(=O)C23NC=O)c2ccc(OC(C)=O)c(OC(C)=O)c2)C(=O)C1=O. The molecule has 3 aliphatic heterocycles. The van der Waals surface area contributed by atoms with Crippen molar-refractivity contribution in [3.63, 3.8) is 0 Å². The third-order valence-electron chi connectivity index (χ3n) is 8.40. The highest BCUT2D eigenvalue weighted by Gasteiger charge is 2.82. The van der Waals surface area contributed by atoms with Crippen molar-refractivity contribution in [1.82, 2.24) is 30.5 Å². The number of amides is 6. The minimum absolute atomic E-state index is 0.00668. The Bertz CT molecular complexity index is 1780. The van der Waals surface area contributed by atoms with Crippen molar-refractivity contribution in [1.29, 1.82) is 0 Å². The number of esters is 2. The molecule has 1 aromatic carbocycles. The van der Waals surface area contributed by atoms with Gasteiger partial charge in [0, 0.05) is 26.9 Å². The Morgan fingerprint density at radius 2 is 1.65 bits per heavy atom. The molecule has 20 nitrogen and oxygen atoms in total. The van der Waals surface area contributed by atoms with E-state index in [-0.39, 0.29) is 43.8 Å². The van der Waals surface area contributed by atoms with E-state index in [1.54, 1.807) is 6.92 Å². The molecular weight excluding hydrogens is 676 g/mol. The molecule has 3 fully saturated rings. The maximum Gasteiger partial charge on any atom is 0.330 e. The van der Waals surface area contributed by atoms with Crippen LogP contribution < -0.4 is 20.1 Å². The summed E-state index contributed by atoms with van der Waals surface area (Å²) in [7, 11) is -4.85. The summed E-state index contributed by atoms with van der Waals surface area (Å²) in [6, 6.07) is -3.01. The first kappa shape index (κ1) is 36.2. The van der Waals surface area contributed by atoms with Gasteiger partial charge in [-0.15, -0.1) is 0 Å². The highest BCUT2D eigenvalue weighted by atomic mass is 32.2. The van der Waals surface area contributed by atoms with E-state index in [4.69, 9.17) is 9.47 Å². The Morgan fingerprint density at radius 1 is 1.04 bits per heavy atom. The zero-order chi connectivity index (χ0) is 36.8. The number of fused-ring (bicyclic) bond motifs is 1. The van der Waals surface area contributed by atoms with Crippen LogP contribution in [0.4, 0.5) is 0 Å². The van der Waals surface area contributed by atoms with Gasteiger partial charge in [-0.05, 0) is 38.5 Å². The monoisotopic (exact) mass is 708 g/mol. The van der Waals surface area contributed by atoms with E-state index < -0.39 is 85.0 Å². The maximum absolute atomic E-state index is 14.2. The minimum atomic E-state index is -4.85. The lowest BCUT2D eigenvalue weighted by molar-refractivity contribution is -0.179. The van der Waals surface area contributed by atoms with Crippen molar-refractivity contribution < 1.29 is 66.1 Å². The first-order chi connectivity index (χ1) is 22.8. The number of carboxylic acid groups (broad SMARTS) is 1. The molecule has 3 heterocycles. The van der Waals surface area contributed by atoms with Crippen LogP contribution in [0.15, 0.2) is 18.2 Å². The molecule has 0 bridgehead atoms. The van der Waals surface area contributed by atoms with E-state index in [0.29, 0.717) is 14.9 Å². The van der Waals surface area contributed by atoms with Crippen LogP contribution in [-0.4, -0.2) is 129 Å². The second-order valence-corrected chi connectivity index (χ2v) is 14.2. The third-order valence-corrected chi connectivity index (χ3v) is 11.4. The maximum atomic E-state index is 14.2. The summed E-state index contributed by atoms with van der Waals surface area (Å²) in [6.45, 7) is 5.46. The van der Waals surface area contributed by atoms with E-state index >= 15 is 0 Å². The Balaban J connectivity index is 1.87. The molecule has 4 atom stereocenters. The predicted octanol–water partition coefficient (Wildman–Crippen LogP) is -2.97. The molecule has 3 N–H and O–H groups in total. The van der Waals surface area contributed by atoms with Crippen LogP contribution in [0.5, 0.6) is 11.5 Å². The average molecular weight is 709 g/mol. The number of piperazine rings is 1. The number of carbonyl (C=O) groups is 9. The first-order valence-electron chi connectivity index (χ1n) is 14.5. The topological polar surface area (TPSA) is 263 Å². The normalized spacial score (nSPS) is 24.2. The number of hydrogen-bond donors (Lipinski definition) is 3.